The number of benzene rings is 1. The molecule has 1 amide bonds. The van der Waals surface area contributed by atoms with Gasteiger partial charge in [-0.1, -0.05) is 18.2 Å². The van der Waals surface area contributed by atoms with E-state index in [9.17, 15) is 4.79 Å². The van der Waals surface area contributed by atoms with Crippen LogP contribution < -0.4 is 10.6 Å². The van der Waals surface area contributed by atoms with Crippen LogP contribution in [-0.4, -0.2) is 12.5 Å². The van der Waals surface area contributed by atoms with Crippen molar-refractivity contribution in [1.29, 1.82) is 0 Å². The van der Waals surface area contributed by atoms with Crippen molar-refractivity contribution in [3.8, 4) is 0 Å². The van der Waals surface area contributed by atoms with Gasteiger partial charge in [-0.2, -0.15) is 0 Å². The highest BCUT2D eigenvalue weighted by Gasteiger charge is 2.13. The second-order valence-corrected chi connectivity index (χ2v) is 6.38. The van der Waals surface area contributed by atoms with Crippen molar-refractivity contribution in [3.05, 3.63) is 51.7 Å². The van der Waals surface area contributed by atoms with Gasteiger partial charge in [-0.3, -0.25) is 4.79 Å². The number of anilines is 1. The first-order chi connectivity index (χ1) is 10.3. The molecule has 1 aliphatic heterocycles. The number of hydrogen-bond acceptors (Lipinski definition) is 3. The first-order valence-electron chi connectivity index (χ1n) is 7.46. The number of aryl methyl sites for hydroxylation is 1. The van der Waals surface area contributed by atoms with Gasteiger partial charge >= 0.3 is 0 Å². The minimum Gasteiger partial charge on any atom is -0.326 e. The third kappa shape index (κ3) is 3.71. The number of nitrogens with one attached hydrogen (secondary N) is 2. The molecule has 0 aliphatic carbocycles. The van der Waals surface area contributed by atoms with E-state index in [0.29, 0.717) is 6.42 Å². The maximum absolute atomic E-state index is 12.1. The van der Waals surface area contributed by atoms with Gasteiger partial charge in [0, 0.05) is 23.5 Å². The second-order valence-electron chi connectivity index (χ2n) is 5.35. The Kier molecular flexibility index (Phi) is 4.68. The molecule has 0 saturated carbocycles. The SMILES string of the molecule is O=C(CCCc1cccs1)Nc1cccc2c1CNCC2. The number of rotatable bonds is 5. The summed E-state index contributed by atoms with van der Waals surface area (Å²) in [6, 6.07) is 10.4. The first-order valence-corrected chi connectivity index (χ1v) is 8.34. The van der Waals surface area contributed by atoms with E-state index < -0.39 is 0 Å². The Labute approximate surface area is 129 Å². The zero-order valence-electron chi connectivity index (χ0n) is 12.0. The first kappa shape index (κ1) is 14.3. The molecule has 0 spiro atoms. The molecule has 3 nitrogen and oxygen atoms in total. The van der Waals surface area contributed by atoms with E-state index in [4.69, 9.17) is 0 Å². The molecule has 2 N–H and O–H groups in total. The van der Waals surface area contributed by atoms with E-state index in [1.54, 1.807) is 11.3 Å². The fourth-order valence-corrected chi connectivity index (χ4v) is 3.47. The molecule has 0 radical (unpaired) electrons. The van der Waals surface area contributed by atoms with Crippen molar-refractivity contribution < 1.29 is 4.79 Å². The topological polar surface area (TPSA) is 41.1 Å². The lowest BCUT2D eigenvalue weighted by Crippen LogP contribution is -2.25. The lowest BCUT2D eigenvalue weighted by Gasteiger charge is -2.20. The summed E-state index contributed by atoms with van der Waals surface area (Å²) in [4.78, 5) is 13.4. The van der Waals surface area contributed by atoms with Crippen molar-refractivity contribution >= 4 is 22.9 Å². The Morgan fingerprint density at radius 3 is 3.10 bits per heavy atom. The maximum atomic E-state index is 12.1. The lowest BCUT2D eigenvalue weighted by molar-refractivity contribution is -0.116. The normalized spacial score (nSPS) is 13.7. The van der Waals surface area contributed by atoms with E-state index in [0.717, 1.165) is 38.0 Å². The van der Waals surface area contributed by atoms with Gasteiger partial charge in [0.2, 0.25) is 5.91 Å². The third-order valence-electron chi connectivity index (χ3n) is 3.83. The molecule has 3 rings (SSSR count). The number of carbonyl (C=O) groups is 1. The molecule has 0 fully saturated rings. The van der Waals surface area contributed by atoms with Crippen LogP contribution in [0.5, 0.6) is 0 Å². The molecule has 0 unspecified atom stereocenters. The zero-order chi connectivity index (χ0) is 14.5. The van der Waals surface area contributed by atoms with Gasteiger partial charge in [0.25, 0.3) is 0 Å². The van der Waals surface area contributed by atoms with Crippen molar-refractivity contribution in [3.63, 3.8) is 0 Å². The highest BCUT2D eigenvalue weighted by Crippen LogP contribution is 2.23. The Bertz CT molecular complexity index is 607. The van der Waals surface area contributed by atoms with Crippen LogP contribution in [-0.2, 0) is 24.2 Å². The number of thiophene rings is 1. The Morgan fingerprint density at radius 1 is 1.29 bits per heavy atom. The highest BCUT2D eigenvalue weighted by molar-refractivity contribution is 7.09. The van der Waals surface area contributed by atoms with Gasteiger partial charge < -0.3 is 10.6 Å². The van der Waals surface area contributed by atoms with E-state index in [2.05, 4.69) is 34.2 Å². The van der Waals surface area contributed by atoms with Crippen LogP contribution in [0.2, 0.25) is 0 Å². The molecular weight excluding hydrogens is 280 g/mol. The maximum Gasteiger partial charge on any atom is 0.224 e. The van der Waals surface area contributed by atoms with Gasteiger partial charge in [-0.15, -0.1) is 11.3 Å². The van der Waals surface area contributed by atoms with Crippen LogP contribution in [0.4, 0.5) is 5.69 Å². The van der Waals surface area contributed by atoms with Gasteiger partial charge in [0.05, 0.1) is 0 Å². The number of carbonyl (C=O) groups excluding carboxylic acids is 1. The fourth-order valence-electron chi connectivity index (χ4n) is 2.72. The van der Waals surface area contributed by atoms with Crippen LogP contribution in [0.1, 0.15) is 28.8 Å². The van der Waals surface area contributed by atoms with Crippen LogP contribution >= 0.6 is 11.3 Å². The second kappa shape index (κ2) is 6.87. The molecule has 21 heavy (non-hydrogen) atoms. The average molecular weight is 300 g/mol. The monoisotopic (exact) mass is 300 g/mol. The lowest BCUT2D eigenvalue weighted by atomic mass is 9.99. The molecule has 0 saturated heterocycles. The molecule has 4 heteroatoms. The van der Waals surface area contributed by atoms with Crippen LogP contribution in [0, 0.1) is 0 Å². The minimum absolute atomic E-state index is 0.116. The molecule has 110 valence electrons. The van der Waals surface area contributed by atoms with Crippen molar-refractivity contribution in [2.24, 2.45) is 0 Å². The van der Waals surface area contributed by atoms with Gasteiger partial charge in [-0.25, -0.2) is 0 Å². The summed E-state index contributed by atoms with van der Waals surface area (Å²) >= 11 is 1.76. The van der Waals surface area contributed by atoms with Crippen LogP contribution in [0.25, 0.3) is 0 Å². The Balaban J connectivity index is 1.55. The quantitative estimate of drug-likeness (QED) is 0.889. The summed E-state index contributed by atoms with van der Waals surface area (Å²) in [7, 11) is 0. The molecule has 2 aromatic rings. The van der Waals surface area contributed by atoms with E-state index in [1.165, 1.54) is 16.0 Å². The molecule has 2 heterocycles. The van der Waals surface area contributed by atoms with E-state index in [1.807, 2.05) is 12.1 Å². The van der Waals surface area contributed by atoms with Gasteiger partial charge in [0.15, 0.2) is 0 Å². The average Bonchev–Trinajstić information content (AvgIpc) is 3.01. The Morgan fingerprint density at radius 2 is 2.24 bits per heavy atom. The van der Waals surface area contributed by atoms with Crippen molar-refractivity contribution in [1.82, 2.24) is 5.32 Å². The molecule has 1 aromatic carbocycles. The summed E-state index contributed by atoms with van der Waals surface area (Å²) in [6.07, 6.45) is 3.51. The summed E-state index contributed by atoms with van der Waals surface area (Å²) in [5, 5.41) is 8.52. The highest BCUT2D eigenvalue weighted by atomic mass is 32.1. The zero-order valence-corrected chi connectivity index (χ0v) is 12.8. The summed E-state index contributed by atoms with van der Waals surface area (Å²) in [5.74, 6) is 0.116. The Hall–Kier alpha value is -1.65. The van der Waals surface area contributed by atoms with Crippen molar-refractivity contribution in [2.45, 2.75) is 32.2 Å². The van der Waals surface area contributed by atoms with Gasteiger partial charge in [0.1, 0.15) is 0 Å². The molecule has 0 atom stereocenters. The number of fused-ring (bicyclic) bond motifs is 1. The van der Waals surface area contributed by atoms with Gasteiger partial charge in [-0.05, 0) is 54.4 Å². The number of hydrogen-bond donors (Lipinski definition) is 2. The molecule has 0 bridgehead atoms. The predicted octanol–water partition coefficient (Wildman–Crippen LogP) is 3.36. The van der Waals surface area contributed by atoms with Crippen LogP contribution in [0.15, 0.2) is 35.7 Å². The molecular formula is C17H20N2OS. The van der Waals surface area contributed by atoms with Crippen LogP contribution in [0.3, 0.4) is 0 Å². The minimum atomic E-state index is 0.116. The fraction of sp³-hybridized carbons (Fsp3) is 0.353. The van der Waals surface area contributed by atoms with E-state index >= 15 is 0 Å². The molecule has 1 aliphatic rings. The predicted molar refractivity (Wildman–Crippen MR) is 87.7 cm³/mol. The number of amides is 1. The summed E-state index contributed by atoms with van der Waals surface area (Å²) in [6.45, 7) is 1.87. The molecule has 1 aromatic heterocycles. The van der Waals surface area contributed by atoms with Crippen molar-refractivity contribution in [2.75, 3.05) is 11.9 Å². The summed E-state index contributed by atoms with van der Waals surface area (Å²) < 4.78 is 0. The third-order valence-corrected chi connectivity index (χ3v) is 4.76. The largest absolute Gasteiger partial charge is 0.326 e. The van der Waals surface area contributed by atoms with E-state index in [-0.39, 0.29) is 5.91 Å². The summed E-state index contributed by atoms with van der Waals surface area (Å²) in [5.41, 5.74) is 3.57. The smallest absolute Gasteiger partial charge is 0.224 e. The standard InChI is InChI=1S/C17H20N2OS/c20-17(8-2-5-14-6-3-11-21-14)19-16-7-1-4-13-9-10-18-12-15(13)16/h1,3-4,6-7,11,18H,2,5,8-10,12H2,(H,19,20).